The van der Waals surface area contributed by atoms with E-state index < -0.39 is 0 Å². The monoisotopic (exact) mass is 299 g/mol. The summed E-state index contributed by atoms with van der Waals surface area (Å²) in [7, 11) is 1.95. The van der Waals surface area contributed by atoms with Crippen LogP contribution in [-0.2, 0) is 4.79 Å². The summed E-state index contributed by atoms with van der Waals surface area (Å²) >= 11 is 0. The fraction of sp³-hybridized carbons (Fsp3) is 0.867. The lowest BCUT2D eigenvalue weighted by Crippen LogP contribution is -2.44. The molecule has 0 aromatic rings. The van der Waals surface area contributed by atoms with Crippen molar-refractivity contribution in [3.8, 4) is 0 Å². The highest BCUT2D eigenvalue weighted by atomic mass is 16.1. The smallest absolute Gasteiger partial charge is 0.185 e. The van der Waals surface area contributed by atoms with Crippen molar-refractivity contribution in [2.75, 3.05) is 20.1 Å². The second-order valence-corrected chi connectivity index (χ2v) is 5.99. The van der Waals surface area contributed by atoms with Gasteiger partial charge >= 0.3 is 0 Å². The molecule has 6 nitrogen and oxygen atoms in total. The van der Waals surface area contributed by atoms with Gasteiger partial charge in [-0.1, -0.05) is 20.3 Å². The van der Waals surface area contributed by atoms with E-state index in [-0.39, 0.29) is 17.8 Å². The molecule has 0 aliphatic heterocycles. The number of nitrogens with zero attached hydrogens (tertiary/aromatic N) is 1. The number of ketones is 1. The van der Waals surface area contributed by atoms with Crippen LogP contribution >= 0.6 is 0 Å². The molecule has 0 bridgehead atoms. The van der Waals surface area contributed by atoms with Crippen LogP contribution in [0, 0.1) is 5.92 Å². The van der Waals surface area contributed by atoms with E-state index in [0.29, 0.717) is 18.5 Å². The highest BCUT2D eigenvalue weighted by Gasteiger charge is 2.16. The molecule has 0 rings (SSSR count). The molecule has 0 heterocycles. The molecule has 0 aromatic heterocycles. The lowest BCUT2D eigenvalue weighted by molar-refractivity contribution is -0.119. The van der Waals surface area contributed by atoms with Gasteiger partial charge in [-0.15, -0.1) is 0 Å². The third-order valence-corrected chi connectivity index (χ3v) is 3.47. The van der Waals surface area contributed by atoms with Gasteiger partial charge in [0.05, 0.1) is 6.04 Å². The maximum atomic E-state index is 11.6. The first-order valence-electron chi connectivity index (χ1n) is 7.83. The van der Waals surface area contributed by atoms with Crippen molar-refractivity contribution in [1.29, 1.82) is 0 Å². The summed E-state index contributed by atoms with van der Waals surface area (Å²) in [4.78, 5) is 15.6. The molecule has 0 amide bonds. The van der Waals surface area contributed by atoms with Gasteiger partial charge in [-0.2, -0.15) is 0 Å². The van der Waals surface area contributed by atoms with E-state index in [9.17, 15) is 4.79 Å². The quantitative estimate of drug-likeness (QED) is 0.240. The number of carbonyl (C=O) groups is 1. The van der Waals surface area contributed by atoms with E-state index in [1.54, 1.807) is 6.92 Å². The van der Waals surface area contributed by atoms with Gasteiger partial charge in [-0.25, -0.2) is 0 Å². The van der Waals surface area contributed by atoms with Crippen LogP contribution in [0.1, 0.15) is 46.5 Å². The van der Waals surface area contributed by atoms with Crippen LogP contribution in [0.3, 0.4) is 0 Å². The molecule has 2 atom stereocenters. The Kier molecular flexibility index (Phi) is 10.9. The zero-order chi connectivity index (χ0) is 16.3. The topological polar surface area (TPSA) is 106 Å². The molecule has 0 aliphatic rings. The first-order valence-corrected chi connectivity index (χ1v) is 7.83. The van der Waals surface area contributed by atoms with Crippen molar-refractivity contribution in [3.63, 3.8) is 0 Å². The van der Waals surface area contributed by atoms with Crippen LogP contribution in [0.15, 0.2) is 4.99 Å². The molecule has 0 saturated carbocycles. The van der Waals surface area contributed by atoms with Gasteiger partial charge in [0.15, 0.2) is 5.96 Å². The largest absolute Gasteiger partial charge is 0.370 e. The van der Waals surface area contributed by atoms with E-state index >= 15 is 0 Å². The summed E-state index contributed by atoms with van der Waals surface area (Å²) in [6.07, 6.45) is 3.95. The molecular weight excluding hydrogens is 266 g/mol. The molecule has 0 saturated heterocycles. The Hall–Kier alpha value is -1.14. The van der Waals surface area contributed by atoms with Crippen molar-refractivity contribution in [1.82, 2.24) is 10.6 Å². The zero-order valence-corrected chi connectivity index (χ0v) is 14.0. The van der Waals surface area contributed by atoms with Gasteiger partial charge in [0.25, 0.3) is 0 Å². The Labute approximate surface area is 129 Å². The lowest BCUT2D eigenvalue weighted by Gasteiger charge is -2.22. The maximum absolute atomic E-state index is 11.6. The fourth-order valence-corrected chi connectivity index (χ4v) is 2.21. The Morgan fingerprint density at radius 2 is 1.90 bits per heavy atom. The average molecular weight is 299 g/mol. The fourth-order valence-electron chi connectivity index (χ4n) is 2.21. The highest BCUT2D eigenvalue weighted by molar-refractivity contribution is 5.81. The Bertz CT molecular complexity index is 313. The minimum atomic E-state index is -0.0394. The zero-order valence-electron chi connectivity index (χ0n) is 14.0. The number of hydrogen-bond acceptors (Lipinski definition) is 4. The standard InChI is InChI=1S/C15H33N5O/c1-11(2)9-14(12(3)21)20-10-13(18-4)7-5-6-8-19-15(16)17/h11,13-14,18,20H,5-10H2,1-4H3,(H4,16,17,19)/t13-,14-/m0/s1. The molecule has 0 fully saturated rings. The molecule has 0 aliphatic carbocycles. The van der Waals surface area contributed by atoms with Gasteiger partial charge in [0.2, 0.25) is 0 Å². The summed E-state index contributed by atoms with van der Waals surface area (Å²) in [5.74, 6) is 0.880. The summed E-state index contributed by atoms with van der Waals surface area (Å²) in [5, 5.41) is 6.67. The Balaban J connectivity index is 4.01. The molecule has 0 aromatic carbocycles. The molecule has 6 heteroatoms. The number of Topliss-reactive ketones (excluding diaryl/α,β-unsaturated/α-hetero) is 1. The number of hydrogen-bond donors (Lipinski definition) is 4. The Morgan fingerprint density at radius 3 is 2.38 bits per heavy atom. The molecule has 0 radical (unpaired) electrons. The predicted octanol–water partition coefficient (Wildman–Crippen LogP) is 0.611. The number of unbranched alkanes of at least 4 members (excludes halogenated alkanes) is 1. The van der Waals surface area contributed by atoms with Crippen molar-refractivity contribution < 1.29 is 4.79 Å². The SMILES string of the molecule is CN[C@@H](CCCCN=C(N)N)CN[C@@H](CC(C)C)C(C)=O. The molecular formula is C15H33N5O. The number of guanidine groups is 1. The minimum Gasteiger partial charge on any atom is -0.370 e. The van der Waals surface area contributed by atoms with Crippen LogP contribution in [0.2, 0.25) is 0 Å². The normalized spacial score (nSPS) is 14.0. The summed E-state index contributed by atoms with van der Waals surface area (Å²) < 4.78 is 0. The van der Waals surface area contributed by atoms with Crippen LogP contribution < -0.4 is 22.1 Å². The van der Waals surface area contributed by atoms with Crippen LogP contribution in [0.4, 0.5) is 0 Å². The number of rotatable bonds is 12. The second-order valence-electron chi connectivity index (χ2n) is 5.99. The summed E-state index contributed by atoms with van der Waals surface area (Å²) in [6.45, 7) is 7.41. The van der Waals surface area contributed by atoms with Gasteiger partial charge in [-0.3, -0.25) is 9.79 Å². The van der Waals surface area contributed by atoms with Gasteiger partial charge < -0.3 is 22.1 Å². The third-order valence-electron chi connectivity index (χ3n) is 3.47. The predicted molar refractivity (Wildman–Crippen MR) is 89.3 cm³/mol. The van der Waals surface area contributed by atoms with Crippen molar-refractivity contribution in [3.05, 3.63) is 0 Å². The first kappa shape index (κ1) is 19.9. The maximum Gasteiger partial charge on any atom is 0.185 e. The third kappa shape index (κ3) is 11.2. The van der Waals surface area contributed by atoms with Crippen molar-refractivity contribution in [2.24, 2.45) is 22.4 Å². The number of nitrogens with two attached hydrogens (primary N) is 2. The molecule has 0 unspecified atom stereocenters. The van der Waals surface area contributed by atoms with E-state index in [0.717, 1.165) is 32.2 Å². The van der Waals surface area contributed by atoms with E-state index in [4.69, 9.17) is 11.5 Å². The van der Waals surface area contributed by atoms with Crippen LogP contribution in [-0.4, -0.2) is 44.0 Å². The van der Waals surface area contributed by atoms with E-state index in [2.05, 4.69) is 29.5 Å². The van der Waals surface area contributed by atoms with Gasteiger partial charge in [0, 0.05) is 19.1 Å². The summed E-state index contributed by atoms with van der Waals surface area (Å²) in [6, 6.07) is 0.320. The minimum absolute atomic E-state index is 0.0394. The van der Waals surface area contributed by atoms with Crippen molar-refractivity contribution >= 4 is 11.7 Å². The first-order chi connectivity index (χ1) is 9.86. The van der Waals surface area contributed by atoms with Crippen molar-refractivity contribution in [2.45, 2.75) is 58.5 Å². The number of likely N-dealkylation sites (N-methyl/N-ethyl adjacent to an activating group) is 1. The van der Waals surface area contributed by atoms with Gasteiger partial charge in [0.1, 0.15) is 5.78 Å². The van der Waals surface area contributed by atoms with Crippen LogP contribution in [0.25, 0.3) is 0 Å². The van der Waals surface area contributed by atoms with E-state index in [1.807, 2.05) is 7.05 Å². The van der Waals surface area contributed by atoms with E-state index in [1.165, 1.54) is 0 Å². The number of aliphatic imine (C=N–C) groups is 1. The number of carbonyl (C=O) groups excluding carboxylic acids is 1. The lowest BCUT2D eigenvalue weighted by atomic mass is 10.0. The Morgan fingerprint density at radius 1 is 1.24 bits per heavy atom. The second kappa shape index (κ2) is 11.5. The van der Waals surface area contributed by atoms with Crippen LogP contribution in [0.5, 0.6) is 0 Å². The molecule has 0 spiro atoms. The molecule has 6 N–H and O–H groups in total. The average Bonchev–Trinajstić information content (AvgIpc) is 2.39. The number of nitrogens with one attached hydrogen (secondary N) is 2. The summed E-state index contributed by atoms with van der Waals surface area (Å²) in [5.41, 5.74) is 10.6. The highest BCUT2D eigenvalue weighted by Crippen LogP contribution is 2.07. The molecule has 21 heavy (non-hydrogen) atoms. The molecule has 124 valence electrons. The van der Waals surface area contributed by atoms with Gasteiger partial charge in [-0.05, 0) is 39.2 Å².